The Balaban J connectivity index is 0.00000324. The summed E-state index contributed by atoms with van der Waals surface area (Å²) in [5, 5.41) is 9.90. The van der Waals surface area contributed by atoms with Crippen LogP contribution in [0.2, 0.25) is 0 Å². The zero-order chi connectivity index (χ0) is 13.4. The van der Waals surface area contributed by atoms with Gasteiger partial charge in [0.15, 0.2) is 0 Å². The van der Waals surface area contributed by atoms with Gasteiger partial charge in [-0.25, -0.2) is 0 Å². The number of hydrogen-bond acceptors (Lipinski definition) is 3. The molecule has 1 aromatic carbocycles. The predicted molar refractivity (Wildman–Crippen MR) is 82.3 cm³/mol. The molecule has 1 unspecified atom stereocenters. The molecule has 1 rings (SSSR count). The van der Waals surface area contributed by atoms with Crippen LogP contribution in [-0.4, -0.2) is 42.9 Å². The molecule has 4 heteroatoms. The summed E-state index contributed by atoms with van der Waals surface area (Å²) in [6, 6.07) is 7.87. The summed E-state index contributed by atoms with van der Waals surface area (Å²) >= 11 is 0. The zero-order valence-corrected chi connectivity index (χ0v) is 12.9. The van der Waals surface area contributed by atoms with E-state index in [2.05, 4.69) is 11.8 Å². The maximum Gasteiger partial charge on any atom is 0.122 e. The van der Waals surface area contributed by atoms with Crippen LogP contribution in [0.1, 0.15) is 25.3 Å². The minimum absolute atomic E-state index is 0. The van der Waals surface area contributed by atoms with Crippen LogP contribution in [0.5, 0.6) is 5.75 Å². The molecule has 0 aromatic heterocycles. The van der Waals surface area contributed by atoms with Gasteiger partial charge in [-0.15, -0.1) is 12.4 Å². The van der Waals surface area contributed by atoms with Gasteiger partial charge in [0.25, 0.3) is 0 Å². The van der Waals surface area contributed by atoms with Crippen molar-refractivity contribution in [2.45, 2.75) is 32.8 Å². The number of hydrogen-bond donors (Lipinski definition) is 1. The SMILES string of the molecule is CCCCN(C)CC(O)COc1ccccc1C.Cl. The summed E-state index contributed by atoms with van der Waals surface area (Å²) in [6.07, 6.45) is 1.91. The molecule has 0 saturated heterocycles. The Morgan fingerprint density at radius 2 is 2.00 bits per heavy atom. The second kappa shape index (κ2) is 10.1. The third-order valence-corrected chi connectivity index (χ3v) is 2.94. The van der Waals surface area contributed by atoms with Crippen molar-refractivity contribution in [3.8, 4) is 5.75 Å². The van der Waals surface area contributed by atoms with Gasteiger partial charge in [0, 0.05) is 6.54 Å². The van der Waals surface area contributed by atoms with Gasteiger partial charge >= 0.3 is 0 Å². The number of para-hydroxylation sites is 1. The van der Waals surface area contributed by atoms with Gasteiger partial charge < -0.3 is 14.7 Å². The van der Waals surface area contributed by atoms with Gasteiger partial charge in [-0.1, -0.05) is 31.5 Å². The van der Waals surface area contributed by atoms with Crippen molar-refractivity contribution in [1.29, 1.82) is 0 Å². The first-order valence-electron chi connectivity index (χ1n) is 6.68. The smallest absolute Gasteiger partial charge is 0.122 e. The fourth-order valence-corrected chi connectivity index (χ4v) is 1.84. The lowest BCUT2D eigenvalue weighted by atomic mass is 10.2. The van der Waals surface area contributed by atoms with E-state index in [0.29, 0.717) is 13.2 Å². The molecule has 0 bridgehead atoms. The molecule has 0 saturated carbocycles. The average Bonchev–Trinajstić information content (AvgIpc) is 2.35. The molecule has 1 atom stereocenters. The van der Waals surface area contributed by atoms with E-state index in [1.54, 1.807) is 0 Å². The van der Waals surface area contributed by atoms with Gasteiger partial charge in [-0.3, -0.25) is 0 Å². The van der Waals surface area contributed by atoms with Crippen LogP contribution in [-0.2, 0) is 0 Å². The molecule has 0 aliphatic rings. The van der Waals surface area contributed by atoms with Crippen molar-refractivity contribution in [2.24, 2.45) is 0 Å². The lowest BCUT2D eigenvalue weighted by molar-refractivity contribution is 0.0757. The van der Waals surface area contributed by atoms with Gasteiger partial charge in [0.05, 0.1) is 0 Å². The lowest BCUT2D eigenvalue weighted by Gasteiger charge is -2.20. The summed E-state index contributed by atoms with van der Waals surface area (Å²) in [5.74, 6) is 0.854. The Labute approximate surface area is 123 Å². The number of nitrogens with zero attached hydrogens (tertiary/aromatic N) is 1. The number of halogens is 1. The molecule has 0 aliphatic carbocycles. The minimum atomic E-state index is -0.438. The van der Waals surface area contributed by atoms with Crippen LogP contribution in [0.15, 0.2) is 24.3 Å². The molecule has 0 fully saturated rings. The predicted octanol–water partition coefficient (Wildman–Crippen LogP) is 2.89. The Bertz CT molecular complexity index is 347. The Kier molecular flexibility index (Phi) is 9.66. The first-order chi connectivity index (χ1) is 8.63. The van der Waals surface area contributed by atoms with Crippen molar-refractivity contribution in [1.82, 2.24) is 4.90 Å². The van der Waals surface area contributed by atoms with E-state index in [0.717, 1.165) is 17.9 Å². The van der Waals surface area contributed by atoms with Gasteiger partial charge in [0.2, 0.25) is 0 Å². The highest BCUT2D eigenvalue weighted by Gasteiger charge is 2.09. The Morgan fingerprint density at radius 1 is 1.32 bits per heavy atom. The first kappa shape index (κ1) is 18.2. The second-order valence-electron chi connectivity index (χ2n) is 4.85. The fourth-order valence-electron chi connectivity index (χ4n) is 1.84. The molecule has 1 N–H and O–H groups in total. The van der Waals surface area contributed by atoms with Crippen LogP contribution in [0, 0.1) is 6.92 Å². The van der Waals surface area contributed by atoms with Gasteiger partial charge in [0.1, 0.15) is 18.5 Å². The molecule has 110 valence electrons. The number of aliphatic hydroxyl groups is 1. The van der Waals surface area contributed by atoms with E-state index in [1.165, 1.54) is 12.8 Å². The van der Waals surface area contributed by atoms with Crippen LogP contribution < -0.4 is 4.74 Å². The van der Waals surface area contributed by atoms with Crippen molar-refractivity contribution in [2.75, 3.05) is 26.7 Å². The average molecular weight is 288 g/mol. The summed E-state index contributed by atoms with van der Waals surface area (Å²) < 4.78 is 5.63. The van der Waals surface area contributed by atoms with E-state index in [4.69, 9.17) is 4.74 Å². The standard InChI is InChI=1S/C15H25NO2.ClH/c1-4-5-10-16(3)11-14(17)12-18-15-9-7-6-8-13(15)2;/h6-9,14,17H,4-5,10-12H2,1-3H3;1H. The monoisotopic (exact) mass is 287 g/mol. The van der Waals surface area contributed by atoms with E-state index in [9.17, 15) is 5.11 Å². The lowest BCUT2D eigenvalue weighted by Crippen LogP contribution is -2.33. The van der Waals surface area contributed by atoms with E-state index in [-0.39, 0.29) is 12.4 Å². The van der Waals surface area contributed by atoms with E-state index >= 15 is 0 Å². The third-order valence-electron chi connectivity index (χ3n) is 2.94. The largest absolute Gasteiger partial charge is 0.491 e. The summed E-state index contributed by atoms with van der Waals surface area (Å²) in [7, 11) is 2.03. The van der Waals surface area contributed by atoms with Gasteiger partial charge in [-0.2, -0.15) is 0 Å². The minimum Gasteiger partial charge on any atom is -0.491 e. The van der Waals surface area contributed by atoms with Crippen molar-refractivity contribution < 1.29 is 9.84 Å². The van der Waals surface area contributed by atoms with Crippen molar-refractivity contribution >= 4 is 12.4 Å². The summed E-state index contributed by atoms with van der Waals surface area (Å²) in [4.78, 5) is 2.15. The maximum atomic E-state index is 9.90. The number of likely N-dealkylation sites (N-methyl/N-ethyl adjacent to an activating group) is 1. The highest BCUT2D eigenvalue weighted by atomic mass is 35.5. The van der Waals surface area contributed by atoms with Crippen LogP contribution >= 0.6 is 12.4 Å². The molecular formula is C15H26ClNO2. The van der Waals surface area contributed by atoms with Crippen LogP contribution in [0.25, 0.3) is 0 Å². The fraction of sp³-hybridized carbons (Fsp3) is 0.600. The van der Waals surface area contributed by atoms with Crippen LogP contribution in [0.3, 0.4) is 0 Å². The molecule has 0 radical (unpaired) electrons. The molecule has 0 heterocycles. The second-order valence-corrected chi connectivity index (χ2v) is 4.85. The molecule has 0 aliphatic heterocycles. The molecule has 0 amide bonds. The highest BCUT2D eigenvalue weighted by molar-refractivity contribution is 5.85. The molecule has 1 aromatic rings. The third kappa shape index (κ3) is 7.41. The van der Waals surface area contributed by atoms with E-state index in [1.807, 2.05) is 38.2 Å². The zero-order valence-electron chi connectivity index (χ0n) is 12.1. The Morgan fingerprint density at radius 3 is 2.63 bits per heavy atom. The van der Waals surface area contributed by atoms with Gasteiger partial charge in [-0.05, 0) is 38.6 Å². The topological polar surface area (TPSA) is 32.7 Å². The van der Waals surface area contributed by atoms with Crippen molar-refractivity contribution in [3.63, 3.8) is 0 Å². The normalized spacial score (nSPS) is 12.1. The molecule has 0 spiro atoms. The van der Waals surface area contributed by atoms with Crippen molar-refractivity contribution in [3.05, 3.63) is 29.8 Å². The van der Waals surface area contributed by atoms with Crippen LogP contribution in [0.4, 0.5) is 0 Å². The molecule has 3 nitrogen and oxygen atoms in total. The summed E-state index contributed by atoms with van der Waals surface area (Å²) in [5.41, 5.74) is 1.10. The Hall–Kier alpha value is -0.770. The number of benzene rings is 1. The number of unbranched alkanes of at least 4 members (excludes halogenated alkanes) is 1. The highest BCUT2D eigenvalue weighted by Crippen LogP contribution is 2.16. The maximum absolute atomic E-state index is 9.90. The summed E-state index contributed by atoms with van der Waals surface area (Å²) in [6.45, 7) is 6.21. The quantitative estimate of drug-likeness (QED) is 0.798. The number of aryl methyl sites for hydroxylation is 1. The molecular weight excluding hydrogens is 262 g/mol. The van der Waals surface area contributed by atoms with E-state index < -0.39 is 6.10 Å². The number of rotatable bonds is 8. The molecule has 19 heavy (non-hydrogen) atoms. The number of aliphatic hydroxyl groups excluding tert-OH is 1. The first-order valence-corrected chi connectivity index (χ1v) is 6.68. The number of ether oxygens (including phenoxy) is 1.